The Morgan fingerprint density at radius 2 is 1.73 bits per heavy atom. The molecular formula is C10H22N. The molecule has 0 rings (SSSR count). The van der Waals surface area contributed by atoms with Crippen LogP contribution in [-0.2, 0) is 0 Å². The Labute approximate surface area is 71.8 Å². The molecule has 0 spiro atoms. The number of hydrogen-bond donors (Lipinski definition) is 0. The second-order valence-corrected chi connectivity index (χ2v) is 2.99. The highest BCUT2D eigenvalue weighted by molar-refractivity contribution is 4.55. The Kier molecular flexibility index (Phi) is 8.03. The van der Waals surface area contributed by atoms with E-state index >= 15 is 0 Å². The minimum absolute atomic E-state index is 1.07. The predicted octanol–water partition coefficient (Wildman–Crippen LogP) is 2.72. The van der Waals surface area contributed by atoms with E-state index in [9.17, 15) is 0 Å². The van der Waals surface area contributed by atoms with Crippen LogP contribution in [0.1, 0.15) is 39.5 Å². The van der Waals surface area contributed by atoms with Crippen LogP contribution in [0.15, 0.2) is 0 Å². The van der Waals surface area contributed by atoms with Gasteiger partial charge in [-0.2, -0.15) is 0 Å². The van der Waals surface area contributed by atoms with Crippen LogP contribution in [0, 0.1) is 6.92 Å². The number of unbranched alkanes of at least 4 members (excludes halogenated alkanes) is 2. The van der Waals surface area contributed by atoms with Crippen molar-refractivity contribution in [2.24, 2.45) is 0 Å². The van der Waals surface area contributed by atoms with Crippen molar-refractivity contribution in [3.05, 3.63) is 6.92 Å². The summed E-state index contributed by atoms with van der Waals surface area (Å²) in [6.45, 7) is 12.0. The fourth-order valence-electron chi connectivity index (χ4n) is 1.15. The summed E-state index contributed by atoms with van der Waals surface area (Å²) in [5.41, 5.74) is 0. The molecule has 0 aromatic carbocycles. The first-order valence-electron chi connectivity index (χ1n) is 4.86. The van der Waals surface area contributed by atoms with Crippen LogP contribution in [0.2, 0.25) is 0 Å². The van der Waals surface area contributed by atoms with Gasteiger partial charge in [0.05, 0.1) is 0 Å². The molecule has 1 radical (unpaired) electrons. The monoisotopic (exact) mass is 156 g/mol. The molecule has 0 saturated heterocycles. The third-order valence-electron chi connectivity index (χ3n) is 2.00. The third-order valence-corrected chi connectivity index (χ3v) is 2.00. The molecule has 0 atom stereocenters. The molecule has 0 unspecified atom stereocenters. The van der Waals surface area contributed by atoms with Crippen molar-refractivity contribution in [2.45, 2.75) is 39.5 Å². The van der Waals surface area contributed by atoms with Crippen molar-refractivity contribution < 1.29 is 0 Å². The lowest BCUT2D eigenvalue weighted by Crippen LogP contribution is -2.25. The molecule has 0 saturated carbocycles. The molecule has 0 amide bonds. The van der Waals surface area contributed by atoms with Gasteiger partial charge in [0.2, 0.25) is 0 Å². The van der Waals surface area contributed by atoms with Gasteiger partial charge in [-0.25, -0.2) is 0 Å². The van der Waals surface area contributed by atoms with E-state index in [4.69, 9.17) is 0 Å². The Balaban J connectivity index is 3.25. The summed E-state index contributed by atoms with van der Waals surface area (Å²) < 4.78 is 0. The van der Waals surface area contributed by atoms with Crippen LogP contribution < -0.4 is 0 Å². The average molecular weight is 156 g/mol. The fraction of sp³-hybridized carbons (Fsp3) is 0.900. The molecule has 0 fully saturated rings. The first-order chi connectivity index (χ1) is 5.35. The summed E-state index contributed by atoms with van der Waals surface area (Å²) in [5.74, 6) is 0. The van der Waals surface area contributed by atoms with Crippen molar-refractivity contribution in [2.75, 3.05) is 19.6 Å². The predicted molar refractivity (Wildman–Crippen MR) is 51.6 cm³/mol. The molecule has 0 aromatic heterocycles. The highest BCUT2D eigenvalue weighted by Crippen LogP contribution is 1.97. The number of rotatable bonds is 7. The Morgan fingerprint density at radius 3 is 2.18 bits per heavy atom. The summed E-state index contributed by atoms with van der Waals surface area (Å²) >= 11 is 0. The molecule has 0 bridgehead atoms. The maximum absolute atomic E-state index is 3.85. The summed E-state index contributed by atoms with van der Waals surface area (Å²) in [7, 11) is 0. The highest BCUT2D eigenvalue weighted by Gasteiger charge is 1.98. The molecule has 0 aliphatic rings. The van der Waals surface area contributed by atoms with Crippen molar-refractivity contribution in [1.82, 2.24) is 4.90 Å². The van der Waals surface area contributed by atoms with E-state index in [1.807, 2.05) is 0 Å². The van der Waals surface area contributed by atoms with Gasteiger partial charge in [0.25, 0.3) is 0 Å². The molecule has 1 heteroatoms. The third kappa shape index (κ3) is 6.36. The highest BCUT2D eigenvalue weighted by atomic mass is 15.1. The van der Waals surface area contributed by atoms with Gasteiger partial charge >= 0.3 is 0 Å². The smallest absolute Gasteiger partial charge is 0.00189 e. The van der Waals surface area contributed by atoms with Gasteiger partial charge in [0.1, 0.15) is 0 Å². The van der Waals surface area contributed by atoms with E-state index in [-0.39, 0.29) is 0 Å². The Hall–Kier alpha value is -0.0400. The quantitative estimate of drug-likeness (QED) is 0.548. The van der Waals surface area contributed by atoms with Crippen LogP contribution in [-0.4, -0.2) is 24.5 Å². The topological polar surface area (TPSA) is 3.24 Å². The molecule has 1 nitrogen and oxygen atoms in total. The zero-order valence-corrected chi connectivity index (χ0v) is 8.10. The summed E-state index contributed by atoms with van der Waals surface area (Å²) in [6, 6.07) is 0. The Morgan fingerprint density at radius 1 is 1.09 bits per heavy atom. The van der Waals surface area contributed by atoms with Crippen LogP contribution >= 0.6 is 0 Å². The number of nitrogens with zero attached hydrogens (tertiary/aromatic N) is 1. The van der Waals surface area contributed by atoms with Gasteiger partial charge in [-0.1, -0.05) is 33.6 Å². The summed E-state index contributed by atoms with van der Waals surface area (Å²) in [4.78, 5) is 2.51. The molecule has 67 valence electrons. The maximum Gasteiger partial charge on any atom is -0.00189 e. The zero-order chi connectivity index (χ0) is 8.53. The lowest BCUT2D eigenvalue weighted by atomic mass is 10.2. The van der Waals surface area contributed by atoms with E-state index in [1.54, 1.807) is 0 Å². The largest absolute Gasteiger partial charge is 0.304 e. The first kappa shape index (κ1) is 11.0. The molecule has 11 heavy (non-hydrogen) atoms. The van der Waals surface area contributed by atoms with E-state index in [1.165, 1.54) is 38.9 Å². The van der Waals surface area contributed by atoms with Gasteiger partial charge in [-0.15, -0.1) is 0 Å². The van der Waals surface area contributed by atoms with Gasteiger partial charge in [-0.05, 0) is 32.5 Å². The molecule has 0 aliphatic heterocycles. The number of hydrogen-bond acceptors (Lipinski definition) is 1. The van der Waals surface area contributed by atoms with Gasteiger partial charge < -0.3 is 4.90 Å². The summed E-state index contributed by atoms with van der Waals surface area (Å²) in [6.07, 6.45) is 4.96. The molecule has 0 aliphatic carbocycles. The normalized spacial score (nSPS) is 10.9. The van der Waals surface area contributed by atoms with Gasteiger partial charge in [0.15, 0.2) is 0 Å². The molecule has 0 N–H and O–H groups in total. The zero-order valence-electron chi connectivity index (χ0n) is 8.10. The molecular weight excluding hydrogens is 134 g/mol. The fourth-order valence-corrected chi connectivity index (χ4v) is 1.15. The second kappa shape index (κ2) is 8.06. The van der Waals surface area contributed by atoms with Crippen molar-refractivity contribution in [3.63, 3.8) is 0 Å². The molecule has 0 aromatic rings. The average Bonchev–Trinajstić information content (AvgIpc) is 2.05. The van der Waals surface area contributed by atoms with Crippen LogP contribution in [0.25, 0.3) is 0 Å². The van der Waals surface area contributed by atoms with Gasteiger partial charge in [0, 0.05) is 0 Å². The molecule has 0 heterocycles. The lowest BCUT2D eigenvalue weighted by Gasteiger charge is -2.19. The first-order valence-corrected chi connectivity index (χ1v) is 4.86. The second-order valence-electron chi connectivity index (χ2n) is 2.99. The van der Waals surface area contributed by atoms with Crippen LogP contribution in [0.4, 0.5) is 0 Å². The van der Waals surface area contributed by atoms with Crippen molar-refractivity contribution in [3.8, 4) is 0 Å². The van der Waals surface area contributed by atoms with E-state index in [0.717, 1.165) is 6.42 Å². The van der Waals surface area contributed by atoms with Crippen LogP contribution in [0.5, 0.6) is 0 Å². The Bertz CT molecular complexity index is 63.3. The van der Waals surface area contributed by atoms with E-state index in [0.29, 0.717) is 0 Å². The summed E-state index contributed by atoms with van der Waals surface area (Å²) in [5, 5.41) is 0. The van der Waals surface area contributed by atoms with Crippen molar-refractivity contribution >= 4 is 0 Å². The van der Waals surface area contributed by atoms with Gasteiger partial charge in [-0.3, -0.25) is 0 Å². The van der Waals surface area contributed by atoms with E-state index < -0.39 is 0 Å². The minimum atomic E-state index is 1.07. The van der Waals surface area contributed by atoms with Crippen molar-refractivity contribution in [1.29, 1.82) is 0 Å². The van der Waals surface area contributed by atoms with E-state index in [2.05, 4.69) is 25.7 Å². The van der Waals surface area contributed by atoms with Crippen LogP contribution in [0.3, 0.4) is 0 Å². The standard InChI is InChI=1S/C10H22N/c1-4-7-9-11(6-3)10-8-5-2/h1,4-10H2,2-3H3. The maximum atomic E-state index is 3.85. The SMILES string of the molecule is [CH2]CCCN(CC)CCCC. The lowest BCUT2D eigenvalue weighted by molar-refractivity contribution is 0.280. The minimum Gasteiger partial charge on any atom is -0.304 e.